The Bertz CT molecular complexity index is 571. The maximum atomic E-state index is 6.63. The smallest absolute Gasteiger partial charge is 0.126 e. The normalized spacial score (nSPS) is 19.0. The molecule has 0 unspecified atom stereocenters. The molecule has 3 rings (SSSR count). The number of nitrogens with zero attached hydrogens (tertiary/aromatic N) is 2. The Morgan fingerprint density at radius 3 is 2.56 bits per heavy atom. The maximum Gasteiger partial charge on any atom is 0.126 e. The van der Waals surface area contributed by atoms with E-state index in [0.29, 0.717) is 0 Å². The van der Waals surface area contributed by atoms with Gasteiger partial charge in [0.05, 0.1) is 16.7 Å². The predicted octanol–water partition coefficient (Wildman–Crippen LogP) is 3.06. The van der Waals surface area contributed by atoms with Crippen LogP contribution in [0.1, 0.15) is 43.6 Å². The lowest BCUT2D eigenvalue weighted by Crippen LogP contribution is -2.39. The van der Waals surface area contributed by atoms with Gasteiger partial charge in [0.1, 0.15) is 5.82 Å². The molecular weight excluding hydrogens is 222 g/mol. The van der Waals surface area contributed by atoms with E-state index in [1.165, 1.54) is 19.3 Å². The zero-order chi connectivity index (χ0) is 12.6. The summed E-state index contributed by atoms with van der Waals surface area (Å²) in [5.74, 6) is 0.819. The van der Waals surface area contributed by atoms with Crippen LogP contribution >= 0.6 is 0 Å². The van der Waals surface area contributed by atoms with E-state index in [-0.39, 0.29) is 5.54 Å². The Kier molecular flexibility index (Phi) is 2.78. The molecule has 0 bridgehead atoms. The molecule has 0 saturated heterocycles. The van der Waals surface area contributed by atoms with Gasteiger partial charge in [-0.15, -0.1) is 0 Å². The summed E-state index contributed by atoms with van der Waals surface area (Å²) in [6, 6.07) is 8.19. The second-order valence-corrected chi connectivity index (χ2v) is 5.35. The monoisotopic (exact) mass is 241 g/mol. The Labute approximate surface area is 107 Å². The maximum absolute atomic E-state index is 6.63. The van der Waals surface area contributed by atoms with Crippen LogP contribution in [0.3, 0.4) is 0 Å². The summed E-state index contributed by atoms with van der Waals surface area (Å²) in [4.78, 5) is 9.16. The van der Waals surface area contributed by atoms with E-state index in [1.54, 1.807) is 0 Å². The van der Waals surface area contributed by atoms with E-state index in [2.05, 4.69) is 16.0 Å². The molecule has 0 radical (unpaired) electrons. The van der Waals surface area contributed by atoms with E-state index >= 15 is 0 Å². The number of aryl methyl sites for hydroxylation is 1. The third kappa shape index (κ3) is 1.89. The summed E-state index contributed by atoms with van der Waals surface area (Å²) in [6.07, 6.45) is 5.77. The molecule has 3 heteroatoms. The van der Waals surface area contributed by atoms with Gasteiger partial charge in [-0.3, -0.25) is 0 Å². The van der Waals surface area contributed by atoms with Crippen molar-refractivity contribution in [3.63, 3.8) is 0 Å². The summed E-state index contributed by atoms with van der Waals surface area (Å²) in [6.45, 7) is 1.95. The van der Waals surface area contributed by atoms with Gasteiger partial charge < -0.3 is 5.73 Å². The highest BCUT2D eigenvalue weighted by molar-refractivity contribution is 5.81. The number of aromatic nitrogens is 2. The van der Waals surface area contributed by atoms with Crippen LogP contribution < -0.4 is 5.73 Å². The van der Waals surface area contributed by atoms with E-state index in [1.807, 2.05) is 25.1 Å². The lowest BCUT2D eigenvalue weighted by atomic mass is 9.79. The highest BCUT2D eigenvalue weighted by Crippen LogP contribution is 2.36. The van der Waals surface area contributed by atoms with Crippen molar-refractivity contribution in [2.75, 3.05) is 0 Å². The molecule has 1 aromatic carbocycles. The van der Waals surface area contributed by atoms with Crippen LogP contribution in [0.25, 0.3) is 10.9 Å². The van der Waals surface area contributed by atoms with Crippen molar-refractivity contribution in [3.05, 3.63) is 35.8 Å². The van der Waals surface area contributed by atoms with E-state index < -0.39 is 0 Å². The largest absolute Gasteiger partial charge is 0.320 e. The Hall–Kier alpha value is -1.48. The van der Waals surface area contributed by atoms with Crippen molar-refractivity contribution >= 4 is 10.9 Å². The number of nitrogens with two attached hydrogens (primary N) is 1. The molecule has 1 aliphatic rings. The van der Waals surface area contributed by atoms with Crippen LogP contribution in [0.2, 0.25) is 0 Å². The molecule has 0 amide bonds. The predicted molar refractivity (Wildman–Crippen MR) is 73.2 cm³/mol. The SMILES string of the molecule is Cc1nc(C2(N)CCCCC2)c2ccccc2n1. The number of hydrogen-bond donors (Lipinski definition) is 1. The van der Waals surface area contributed by atoms with Crippen molar-refractivity contribution < 1.29 is 0 Å². The van der Waals surface area contributed by atoms with Crippen LogP contribution in [0.15, 0.2) is 24.3 Å². The first-order chi connectivity index (χ1) is 8.69. The summed E-state index contributed by atoms with van der Waals surface area (Å²) in [5.41, 5.74) is 8.42. The highest BCUT2D eigenvalue weighted by atomic mass is 14.9. The van der Waals surface area contributed by atoms with Crippen molar-refractivity contribution in [3.8, 4) is 0 Å². The van der Waals surface area contributed by atoms with Gasteiger partial charge in [-0.05, 0) is 25.8 Å². The third-order valence-corrected chi connectivity index (χ3v) is 3.93. The quantitative estimate of drug-likeness (QED) is 0.834. The lowest BCUT2D eigenvalue weighted by molar-refractivity contribution is 0.297. The van der Waals surface area contributed by atoms with Gasteiger partial charge in [0.15, 0.2) is 0 Å². The highest BCUT2D eigenvalue weighted by Gasteiger charge is 2.32. The standard InChI is InChI=1S/C15H19N3/c1-11-17-13-8-4-3-7-12(13)14(18-11)15(16)9-5-2-6-10-15/h3-4,7-8H,2,5-6,9-10,16H2,1H3. The summed E-state index contributed by atoms with van der Waals surface area (Å²) >= 11 is 0. The zero-order valence-electron chi connectivity index (χ0n) is 10.8. The first kappa shape index (κ1) is 11.6. The third-order valence-electron chi connectivity index (χ3n) is 3.93. The fourth-order valence-electron chi connectivity index (χ4n) is 2.99. The number of hydrogen-bond acceptors (Lipinski definition) is 3. The van der Waals surface area contributed by atoms with E-state index in [4.69, 9.17) is 5.73 Å². The zero-order valence-corrected chi connectivity index (χ0v) is 10.8. The molecule has 2 N–H and O–H groups in total. The molecule has 1 heterocycles. The molecule has 1 aromatic heterocycles. The average molecular weight is 241 g/mol. The van der Waals surface area contributed by atoms with Crippen molar-refractivity contribution in [2.45, 2.75) is 44.6 Å². The minimum atomic E-state index is -0.258. The number of para-hydroxylation sites is 1. The second-order valence-electron chi connectivity index (χ2n) is 5.35. The fraction of sp³-hybridized carbons (Fsp3) is 0.467. The number of benzene rings is 1. The molecule has 2 aromatic rings. The first-order valence-electron chi connectivity index (χ1n) is 6.72. The van der Waals surface area contributed by atoms with Crippen LogP contribution in [0.5, 0.6) is 0 Å². The van der Waals surface area contributed by atoms with Crippen molar-refractivity contribution in [1.29, 1.82) is 0 Å². The van der Waals surface area contributed by atoms with Gasteiger partial charge in [-0.25, -0.2) is 9.97 Å². The van der Waals surface area contributed by atoms with Crippen molar-refractivity contribution in [2.24, 2.45) is 5.73 Å². The summed E-state index contributed by atoms with van der Waals surface area (Å²) in [5, 5.41) is 1.12. The molecule has 1 fully saturated rings. The molecule has 18 heavy (non-hydrogen) atoms. The van der Waals surface area contributed by atoms with E-state index in [9.17, 15) is 0 Å². The number of rotatable bonds is 1. The van der Waals surface area contributed by atoms with Gasteiger partial charge in [0, 0.05) is 5.39 Å². The van der Waals surface area contributed by atoms with Gasteiger partial charge in [0.2, 0.25) is 0 Å². The Morgan fingerprint density at radius 2 is 1.78 bits per heavy atom. The average Bonchev–Trinajstić information content (AvgIpc) is 2.38. The lowest BCUT2D eigenvalue weighted by Gasteiger charge is -2.33. The van der Waals surface area contributed by atoms with E-state index in [0.717, 1.165) is 35.3 Å². The molecular formula is C15H19N3. The molecule has 1 saturated carbocycles. The molecule has 0 atom stereocenters. The van der Waals surface area contributed by atoms with Crippen LogP contribution in [0, 0.1) is 6.92 Å². The molecule has 0 aliphatic heterocycles. The molecule has 0 spiro atoms. The fourth-order valence-corrected chi connectivity index (χ4v) is 2.99. The second kappa shape index (κ2) is 4.32. The molecule has 94 valence electrons. The summed E-state index contributed by atoms with van der Waals surface area (Å²) in [7, 11) is 0. The minimum absolute atomic E-state index is 0.258. The van der Waals surface area contributed by atoms with Crippen LogP contribution in [0.4, 0.5) is 0 Å². The van der Waals surface area contributed by atoms with Crippen LogP contribution in [-0.4, -0.2) is 9.97 Å². The van der Waals surface area contributed by atoms with Crippen molar-refractivity contribution in [1.82, 2.24) is 9.97 Å². The van der Waals surface area contributed by atoms with Gasteiger partial charge >= 0.3 is 0 Å². The number of fused-ring (bicyclic) bond motifs is 1. The summed E-state index contributed by atoms with van der Waals surface area (Å²) < 4.78 is 0. The van der Waals surface area contributed by atoms with Gasteiger partial charge in [0.25, 0.3) is 0 Å². The minimum Gasteiger partial charge on any atom is -0.320 e. The topological polar surface area (TPSA) is 51.8 Å². The van der Waals surface area contributed by atoms with Gasteiger partial charge in [-0.2, -0.15) is 0 Å². The Morgan fingerprint density at radius 1 is 1.06 bits per heavy atom. The molecule has 1 aliphatic carbocycles. The Balaban J connectivity index is 2.21. The van der Waals surface area contributed by atoms with Crippen LogP contribution in [-0.2, 0) is 5.54 Å². The molecule has 3 nitrogen and oxygen atoms in total. The first-order valence-corrected chi connectivity index (χ1v) is 6.72. The van der Waals surface area contributed by atoms with Gasteiger partial charge in [-0.1, -0.05) is 37.5 Å².